The highest BCUT2D eigenvalue weighted by molar-refractivity contribution is 6.06. The van der Waals surface area contributed by atoms with Crippen LogP contribution in [-0.2, 0) is 4.74 Å². The van der Waals surface area contributed by atoms with Crippen LogP contribution in [0.15, 0.2) is 10.6 Å². The average Bonchev–Trinajstić information content (AvgIpc) is 3.20. The maximum atomic E-state index is 13.2. The molecule has 0 bridgehead atoms. The van der Waals surface area contributed by atoms with Gasteiger partial charge in [-0.2, -0.15) is 0 Å². The molecule has 24 heavy (non-hydrogen) atoms. The third kappa shape index (κ3) is 2.79. The molecule has 0 N–H and O–H groups in total. The van der Waals surface area contributed by atoms with E-state index in [-0.39, 0.29) is 5.91 Å². The number of rotatable bonds is 5. The highest BCUT2D eigenvalue weighted by Crippen LogP contribution is 2.40. The van der Waals surface area contributed by atoms with E-state index in [1.54, 1.807) is 0 Å². The van der Waals surface area contributed by atoms with Gasteiger partial charge in [-0.25, -0.2) is 4.98 Å². The Morgan fingerprint density at radius 2 is 2.21 bits per heavy atom. The molecule has 1 unspecified atom stereocenters. The van der Waals surface area contributed by atoms with Crippen LogP contribution in [0, 0.1) is 12.8 Å². The van der Waals surface area contributed by atoms with Gasteiger partial charge in [0, 0.05) is 37.2 Å². The highest BCUT2D eigenvalue weighted by Gasteiger charge is 2.30. The minimum Gasteiger partial charge on any atom is -0.381 e. The van der Waals surface area contributed by atoms with Crippen LogP contribution in [0.25, 0.3) is 11.1 Å². The highest BCUT2D eigenvalue weighted by atomic mass is 16.5. The Kier molecular flexibility index (Phi) is 4.00. The maximum absolute atomic E-state index is 13.2. The fourth-order valence-corrected chi connectivity index (χ4v) is 3.44. The number of hydrogen-bond donors (Lipinski definition) is 0. The quantitative estimate of drug-likeness (QED) is 0.843. The van der Waals surface area contributed by atoms with Gasteiger partial charge in [-0.05, 0) is 39.2 Å². The second-order valence-electron chi connectivity index (χ2n) is 6.89. The molecule has 1 atom stereocenters. The van der Waals surface area contributed by atoms with Crippen molar-refractivity contribution in [2.45, 2.75) is 39.0 Å². The molecule has 0 aromatic carbocycles. The van der Waals surface area contributed by atoms with E-state index in [4.69, 9.17) is 9.26 Å². The summed E-state index contributed by atoms with van der Waals surface area (Å²) in [4.78, 5) is 19.7. The number of carbonyl (C=O) groups excluding carboxylic acids is 1. The largest absolute Gasteiger partial charge is 0.381 e. The molecule has 2 aliphatic rings. The topological polar surface area (TPSA) is 68.5 Å². The van der Waals surface area contributed by atoms with Crippen molar-refractivity contribution in [2.24, 2.45) is 5.92 Å². The van der Waals surface area contributed by atoms with Crippen molar-refractivity contribution in [2.75, 3.05) is 26.3 Å². The first-order chi connectivity index (χ1) is 11.7. The van der Waals surface area contributed by atoms with E-state index < -0.39 is 0 Å². The van der Waals surface area contributed by atoms with Crippen molar-refractivity contribution >= 4 is 17.0 Å². The van der Waals surface area contributed by atoms with E-state index in [0.29, 0.717) is 29.7 Å². The molecule has 1 aliphatic carbocycles. The van der Waals surface area contributed by atoms with Gasteiger partial charge in [-0.15, -0.1) is 0 Å². The molecule has 1 amide bonds. The molecule has 128 valence electrons. The van der Waals surface area contributed by atoms with E-state index in [2.05, 4.69) is 10.1 Å². The van der Waals surface area contributed by atoms with Crippen molar-refractivity contribution in [3.8, 4) is 0 Å². The summed E-state index contributed by atoms with van der Waals surface area (Å²) >= 11 is 0. The van der Waals surface area contributed by atoms with E-state index in [0.717, 1.165) is 55.8 Å². The van der Waals surface area contributed by atoms with E-state index in [1.165, 1.54) is 0 Å². The number of pyridine rings is 1. The number of amides is 1. The van der Waals surface area contributed by atoms with Crippen LogP contribution >= 0.6 is 0 Å². The fourth-order valence-electron chi connectivity index (χ4n) is 3.44. The molecule has 0 spiro atoms. The van der Waals surface area contributed by atoms with Gasteiger partial charge in [-0.1, -0.05) is 5.16 Å². The van der Waals surface area contributed by atoms with Gasteiger partial charge in [0.05, 0.1) is 23.3 Å². The Balaban J connectivity index is 1.69. The van der Waals surface area contributed by atoms with Crippen molar-refractivity contribution in [1.29, 1.82) is 0 Å². The monoisotopic (exact) mass is 329 g/mol. The number of nitrogens with zero attached hydrogens (tertiary/aromatic N) is 3. The van der Waals surface area contributed by atoms with E-state index in [9.17, 15) is 4.79 Å². The summed E-state index contributed by atoms with van der Waals surface area (Å²) in [5, 5.41) is 4.77. The van der Waals surface area contributed by atoms with E-state index >= 15 is 0 Å². The standard InChI is InChI=1S/C18H23N3O3/c1-3-21(9-12-6-7-23-10-12)18(22)14-8-15(13-4-5-13)19-17-16(14)11(2)20-24-17/h8,12-13H,3-7,9-10H2,1-2H3. The number of aromatic nitrogens is 2. The average molecular weight is 329 g/mol. The molecule has 1 saturated carbocycles. The summed E-state index contributed by atoms with van der Waals surface area (Å²) in [6.45, 7) is 6.85. The van der Waals surface area contributed by atoms with Gasteiger partial charge in [0.2, 0.25) is 0 Å². The molecule has 0 radical (unpaired) electrons. The zero-order valence-corrected chi connectivity index (χ0v) is 14.2. The zero-order chi connectivity index (χ0) is 16.7. The lowest BCUT2D eigenvalue weighted by Crippen LogP contribution is -2.35. The molecule has 6 nitrogen and oxygen atoms in total. The van der Waals surface area contributed by atoms with Crippen molar-refractivity contribution in [1.82, 2.24) is 15.0 Å². The van der Waals surface area contributed by atoms with Gasteiger partial charge < -0.3 is 14.2 Å². The smallest absolute Gasteiger partial charge is 0.259 e. The Morgan fingerprint density at radius 3 is 2.88 bits per heavy atom. The number of hydrogen-bond acceptors (Lipinski definition) is 5. The second kappa shape index (κ2) is 6.16. The third-order valence-electron chi connectivity index (χ3n) is 5.03. The second-order valence-corrected chi connectivity index (χ2v) is 6.89. The molecular weight excluding hydrogens is 306 g/mol. The Bertz CT molecular complexity index is 760. The van der Waals surface area contributed by atoms with Crippen LogP contribution in [-0.4, -0.2) is 47.3 Å². The van der Waals surface area contributed by atoms with Crippen molar-refractivity contribution < 1.29 is 14.1 Å². The molecule has 1 saturated heterocycles. The number of ether oxygens (including phenoxy) is 1. The van der Waals surface area contributed by atoms with Gasteiger partial charge >= 0.3 is 0 Å². The number of carbonyl (C=O) groups is 1. The van der Waals surface area contributed by atoms with Crippen LogP contribution < -0.4 is 0 Å². The minimum atomic E-state index is 0.0463. The van der Waals surface area contributed by atoms with E-state index in [1.807, 2.05) is 24.8 Å². The van der Waals surface area contributed by atoms with Gasteiger partial charge in [0.1, 0.15) is 0 Å². The lowest BCUT2D eigenvalue weighted by atomic mass is 10.0. The fraction of sp³-hybridized carbons (Fsp3) is 0.611. The van der Waals surface area contributed by atoms with Crippen LogP contribution in [0.3, 0.4) is 0 Å². The summed E-state index contributed by atoms with van der Waals surface area (Å²) in [5.41, 5.74) is 2.85. The Hall–Kier alpha value is -1.95. The Morgan fingerprint density at radius 1 is 1.38 bits per heavy atom. The first-order valence-electron chi connectivity index (χ1n) is 8.81. The van der Waals surface area contributed by atoms with Gasteiger partial charge in [-0.3, -0.25) is 4.79 Å². The zero-order valence-electron chi connectivity index (χ0n) is 14.2. The van der Waals surface area contributed by atoms with Crippen molar-refractivity contribution in [3.05, 3.63) is 23.0 Å². The first-order valence-corrected chi connectivity index (χ1v) is 8.81. The number of aryl methyl sites for hydroxylation is 1. The molecule has 2 aromatic heterocycles. The minimum absolute atomic E-state index is 0.0463. The molecule has 2 fully saturated rings. The summed E-state index contributed by atoms with van der Waals surface area (Å²) in [5.74, 6) is 0.937. The van der Waals surface area contributed by atoms with Crippen LogP contribution in [0.2, 0.25) is 0 Å². The normalized spacial score (nSPS) is 20.7. The molecule has 6 heteroatoms. The molecule has 2 aromatic rings. The van der Waals surface area contributed by atoms with Gasteiger partial charge in [0.15, 0.2) is 0 Å². The summed E-state index contributed by atoms with van der Waals surface area (Å²) in [7, 11) is 0. The van der Waals surface area contributed by atoms with Crippen LogP contribution in [0.1, 0.15) is 53.8 Å². The predicted octanol–water partition coefficient (Wildman–Crippen LogP) is 2.91. The van der Waals surface area contributed by atoms with Crippen LogP contribution in [0.5, 0.6) is 0 Å². The lowest BCUT2D eigenvalue weighted by Gasteiger charge is -2.24. The first kappa shape index (κ1) is 15.6. The summed E-state index contributed by atoms with van der Waals surface area (Å²) < 4.78 is 10.8. The maximum Gasteiger partial charge on any atom is 0.259 e. The summed E-state index contributed by atoms with van der Waals surface area (Å²) in [6, 6.07) is 1.96. The van der Waals surface area contributed by atoms with Crippen LogP contribution in [0.4, 0.5) is 0 Å². The van der Waals surface area contributed by atoms with Crippen molar-refractivity contribution in [3.63, 3.8) is 0 Å². The Labute approximate surface area is 141 Å². The third-order valence-corrected chi connectivity index (χ3v) is 5.03. The number of fused-ring (bicyclic) bond motifs is 1. The SMILES string of the molecule is CCN(CC1CCOC1)C(=O)c1cc(C2CC2)nc2onc(C)c12. The lowest BCUT2D eigenvalue weighted by molar-refractivity contribution is 0.0732. The molecule has 4 rings (SSSR count). The molecule has 1 aliphatic heterocycles. The molecule has 3 heterocycles. The van der Waals surface area contributed by atoms with Gasteiger partial charge in [0.25, 0.3) is 11.6 Å². The predicted molar refractivity (Wildman–Crippen MR) is 89.0 cm³/mol. The summed E-state index contributed by atoms with van der Waals surface area (Å²) in [6.07, 6.45) is 3.29. The molecular formula is C18H23N3O3.